The van der Waals surface area contributed by atoms with E-state index in [1.165, 1.54) is 23.8 Å². The molecule has 1 aromatic carbocycles. The summed E-state index contributed by atoms with van der Waals surface area (Å²) in [5.74, 6) is -0.331. The van der Waals surface area contributed by atoms with Crippen LogP contribution in [0.4, 0.5) is 10.1 Å². The van der Waals surface area contributed by atoms with E-state index in [4.69, 9.17) is 4.74 Å². The number of hydrogen-bond acceptors (Lipinski definition) is 6. The molecule has 0 aliphatic heterocycles. The zero-order valence-corrected chi connectivity index (χ0v) is 11.2. The van der Waals surface area contributed by atoms with Crippen LogP contribution in [0.2, 0.25) is 0 Å². The lowest BCUT2D eigenvalue weighted by Crippen LogP contribution is -2.10. The molecule has 8 nitrogen and oxygen atoms in total. The van der Waals surface area contributed by atoms with Gasteiger partial charge in [0.05, 0.1) is 23.2 Å². The van der Waals surface area contributed by atoms with Gasteiger partial charge in [0.25, 0.3) is 5.69 Å². The molecule has 0 saturated heterocycles. The van der Waals surface area contributed by atoms with Crippen LogP contribution in [0.1, 0.15) is 5.82 Å². The number of rotatable bonds is 6. The first kappa shape index (κ1) is 15.0. The van der Waals surface area contributed by atoms with Gasteiger partial charge in [-0.15, -0.1) is 10.2 Å². The van der Waals surface area contributed by atoms with Crippen LogP contribution in [0.25, 0.3) is 11.4 Å². The molecule has 1 aromatic heterocycles. The maximum absolute atomic E-state index is 14.0. The van der Waals surface area contributed by atoms with Gasteiger partial charge in [-0.25, -0.2) is 4.39 Å². The van der Waals surface area contributed by atoms with Crippen LogP contribution < -0.4 is 0 Å². The van der Waals surface area contributed by atoms with Crippen LogP contribution in [-0.2, 0) is 17.9 Å². The molecule has 1 heterocycles. The summed E-state index contributed by atoms with van der Waals surface area (Å²) in [4.78, 5) is 9.94. The second kappa shape index (κ2) is 6.37. The number of methoxy groups -OCH3 is 1. The number of halogens is 1. The molecule has 0 amide bonds. The molecule has 0 fully saturated rings. The molecule has 9 heteroatoms. The molecule has 0 radical (unpaired) electrons. The van der Waals surface area contributed by atoms with Gasteiger partial charge in [0.15, 0.2) is 11.6 Å². The summed E-state index contributed by atoms with van der Waals surface area (Å²) >= 11 is 0. The Bertz CT molecular complexity index is 659. The van der Waals surface area contributed by atoms with E-state index in [0.29, 0.717) is 13.2 Å². The van der Waals surface area contributed by atoms with Crippen molar-refractivity contribution >= 4 is 5.69 Å². The molecule has 112 valence electrons. The van der Waals surface area contributed by atoms with Crippen molar-refractivity contribution in [3.05, 3.63) is 40.0 Å². The summed E-state index contributed by atoms with van der Waals surface area (Å²) < 4.78 is 20.5. The Balaban J connectivity index is 2.46. The summed E-state index contributed by atoms with van der Waals surface area (Å²) in [5.41, 5.74) is -0.273. The molecule has 0 bridgehead atoms. The molecule has 2 rings (SSSR count). The zero-order chi connectivity index (χ0) is 15.4. The SMILES string of the molecule is COCCn1c(CO)nnc1-c1ccc([N+](=O)[O-])cc1F. The normalized spacial score (nSPS) is 10.8. The highest BCUT2D eigenvalue weighted by atomic mass is 19.1. The van der Waals surface area contributed by atoms with Gasteiger partial charge in [-0.05, 0) is 6.07 Å². The number of aliphatic hydroxyl groups excluding tert-OH is 1. The van der Waals surface area contributed by atoms with Crippen LogP contribution in [-0.4, -0.2) is 38.5 Å². The van der Waals surface area contributed by atoms with E-state index in [2.05, 4.69) is 10.2 Å². The molecule has 2 aromatic rings. The summed E-state index contributed by atoms with van der Waals surface area (Å²) in [6.45, 7) is 0.295. The van der Waals surface area contributed by atoms with E-state index in [9.17, 15) is 19.6 Å². The molecule has 0 spiro atoms. The fraction of sp³-hybridized carbons (Fsp3) is 0.333. The second-order valence-corrected chi connectivity index (χ2v) is 4.16. The van der Waals surface area contributed by atoms with Crippen LogP contribution in [0.15, 0.2) is 18.2 Å². The zero-order valence-electron chi connectivity index (χ0n) is 11.2. The number of nitrogens with zero attached hydrogens (tertiary/aromatic N) is 4. The number of aromatic nitrogens is 3. The molecule has 1 N–H and O–H groups in total. The van der Waals surface area contributed by atoms with E-state index in [-0.39, 0.29) is 29.5 Å². The van der Waals surface area contributed by atoms with Gasteiger partial charge in [-0.1, -0.05) is 0 Å². The third kappa shape index (κ3) is 3.03. The first-order chi connectivity index (χ1) is 10.1. The van der Waals surface area contributed by atoms with Crippen molar-refractivity contribution in [2.45, 2.75) is 13.2 Å². The minimum absolute atomic E-state index is 0.0731. The van der Waals surface area contributed by atoms with Gasteiger partial charge in [-0.3, -0.25) is 10.1 Å². The number of ether oxygens (including phenoxy) is 1. The van der Waals surface area contributed by atoms with Crippen molar-refractivity contribution in [1.82, 2.24) is 14.8 Å². The summed E-state index contributed by atoms with van der Waals surface area (Å²) in [7, 11) is 1.51. The molecule has 0 unspecified atom stereocenters. The largest absolute Gasteiger partial charge is 0.388 e. The smallest absolute Gasteiger partial charge is 0.272 e. The lowest BCUT2D eigenvalue weighted by molar-refractivity contribution is -0.385. The number of nitro groups is 1. The quantitative estimate of drug-likeness (QED) is 0.633. The van der Waals surface area contributed by atoms with Crippen molar-refractivity contribution in [1.29, 1.82) is 0 Å². The molecule has 0 atom stereocenters. The van der Waals surface area contributed by atoms with Crippen molar-refractivity contribution in [2.24, 2.45) is 0 Å². The lowest BCUT2D eigenvalue weighted by Gasteiger charge is -2.09. The molecule has 21 heavy (non-hydrogen) atoms. The first-order valence-electron chi connectivity index (χ1n) is 6.04. The Kier molecular flexibility index (Phi) is 4.55. The second-order valence-electron chi connectivity index (χ2n) is 4.16. The van der Waals surface area contributed by atoms with Crippen LogP contribution in [0.5, 0.6) is 0 Å². The Labute approximate surface area is 119 Å². The first-order valence-corrected chi connectivity index (χ1v) is 6.04. The average molecular weight is 296 g/mol. The predicted molar refractivity (Wildman–Crippen MR) is 69.9 cm³/mol. The van der Waals surface area contributed by atoms with E-state index in [1.54, 1.807) is 0 Å². The van der Waals surface area contributed by atoms with Crippen LogP contribution >= 0.6 is 0 Å². The molecule has 0 aliphatic carbocycles. The van der Waals surface area contributed by atoms with Crippen LogP contribution in [0, 0.1) is 15.9 Å². The molecule has 0 aliphatic rings. The fourth-order valence-corrected chi connectivity index (χ4v) is 1.87. The highest BCUT2D eigenvalue weighted by Crippen LogP contribution is 2.25. The third-order valence-corrected chi connectivity index (χ3v) is 2.89. The van der Waals surface area contributed by atoms with E-state index >= 15 is 0 Å². The highest BCUT2D eigenvalue weighted by molar-refractivity contribution is 5.58. The van der Waals surface area contributed by atoms with Gasteiger partial charge in [0, 0.05) is 19.7 Å². The van der Waals surface area contributed by atoms with Crippen molar-refractivity contribution < 1.29 is 19.2 Å². The van der Waals surface area contributed by atoms with E-state index < -0.39 is 10.7 Å². The average Bonchev–Trinajstić information content (AvgIpc) is 2.87. The fourth-order valence-electron chi connectivity index (χ4n) is 1.87. The molecule has 0 saturated carbocycles. The maximum Gasteiger partial charge on any atom is 0.272 e. The minimum atomic E-state index is -0.778. The maximum atomic E-state index is 14.0. The monoisotopic (exact) mass is 296 g/mol. The third-order valence-electron chi connectivity index (χ3n) is 2.89. The van der Waals surface area contributed by atoms with E-state index in [0.717, 1.165) is 6.07 Å². The minimum Gasteiger partial charge on any atom is -0.388 e. The summed E-state index contributed by atoms with van der Waals surface area (Å²) in [6.07, 6.45) is 0. The molecular formula is C12H13FN4O4. The lowest BCUT2D eigenvalue weighted by atomic mass is 10.2. The topological polar surface area (TPSA) is 103 Å². The number of non-ortho nitro benzene ring substituents is 1. The predicted octanol–water partition coefficient (Wildman–Crippen LogP) is 1.13. The summed E-state index contributed by atoms with van der Waals surface area (Å²) in [5, 5.41) is 27.4. The number of hydrogen-bond donors (Lipinski definition) is 1. The Morgan fingerprint density at radius 2 is 2.24 bits per heavy atom. The van der Waals surface area contributed by atoms with Crippen molar-refractivity contribution in [3.63, 3.8) is 0 Å². The number of aliphatic hydroxyl groups is 1. The van der Waals surface area contributed by atoms with Gasteiger partial charge in [-0.2, -0.15) is 0 Å². The number of benzene rings is 1. The highest BCUT2D eigenvalue weighted by Gasteiger charge is 2.18. The van der Waals surface area contributed by atoms with Gasteiger partial charge >= 0.3 is 0 Å². The van der Waals surface area contributed by atoms with Crippen LogP contribution in [0.3, 0.4) is 0 Å². The number of nitro benzene ring substituents is 1. The Morgan fingerprint density at radius 3 is 2.81 bits per heavy atom. The standard InChI is InChI=1S/C12H13FN4O4/c1-21-5-4-16-11(7-18)14-15-12(16)9-3-2-8(17(19)20)6-10(9)13/h2-3,6,18H,4-5,7H2,1H3. The molecular weight excluding hydrogens is 283 g/mol. The van der Waals surface area contributed by atoms with Crippen molar-refractivity contribution in [2.75, 3.05) is 13.7 Å². The van der Waals surface area contributed by atoms with Gasteiger partial charge in [0.1, 0.15) is 12.4 Å². The Hall–Kier alpha value is -2.39. The van der Waals surface area contributed by atoms with Gasteiger partial charge < -0.3 is 14.4 Å². The van der Waals surface area contributed by atoms with E-state index in [1.807, 2.05) is 0 Å². The van der Waals surface area contributed by atoms with Crippen molar-refractivity contribution in [3.8, 4) is 11.4 Å². The Morgan fingerprint density at radius 1 is 1.48 bits per heavy atom. The summed E-state index contributed by atoms with van der Waals surface area (Å²) in [6, 6.07) is 3.28. The van der Waals surface area contributed by atoms with Gasteiger partial charge in [0.2, 0.25) is 0 Å².